The molecule has 0 aromatic heterocycles. The van der Waals surface area contributed by atoms with Crippen LogP contribution in [0.2, 0.25) is 0 Å². The van der Waals surface area contributed by atoms with Crippen LogP contribution in [0.5, 0.6) is 5.75 Å². The Bertz CT molecular complexity index is 524. The predicted molar refractivity (Wildman–Crippen MR) is 70.9 cm³/mol. The quantitative estimate of drug-likeness (QED) is 0.717. The standard InChI is InChI=1S/C13H17N3O3/c1-19-10-3-2-8(11(15)17)6-9(10)16-12(18)13(7-14)4-5-13/h2-3,6H,4-5,7,14H2,1H3,(H2,15,17)(H,16,18). The first-order valence-electron chi connectivity index (χ1n) is 6.02. The van der Waals surface area contributed by atoms with Crippen molar-refractivity contribution >= 4 is 17.5 Å². The van der Waals surface area contributed by atoms with Gasteiger partial charge in [0.25, 0.3) is 0 Å². The topological polar surface area (TPSA) is 107 Å². The summed E-state index contributed by atoms with van der Waals surface area (Å²) in [5.74, 6) is -0.223. The van der Waals surface area contributed by atoms with E-state index >= 15 is 0 Å². The monoisotopic (exact) mass is 263 g/mol. The van der Waals surface area contributed by atoms with Crippen molar-refractivity contribution in [2.75, 3.05) is 19.0 Å². The van der Waals surface area contributed by atoms with E-state index in [0.717, 1.165) is 12.8 Å². The Kier molecular flexibility index (Phi) is 3.44. The number of nitrogens with one attached hydrogen (secondary N) is 1. The molecule has 5 N–H and O–H groups in total. The van der Waals surface area contributed by atoms with Gasteiger partial charge >= 0.3 is 0 Å². The highest BCUT2D eigenvalue weighted by molar-refractivity contribution is 6.00. The molecule has 0 heterocycles. The fourth-order valence-electron chi connectivity index (χ4n) is 1.89. The van der Waals surface area contributed by atoms with Crippen molar-refractivity contribution in [3.63, 3.8) is 0 Å². The molecule has 102 valence electrons. The lowest BCUT2D eigenvalue weighted by Gasteiger charge is -2.15. The predicted octanol–water partition coefficient (Wildman–Crippen LogP) is 0.471. The smallest absolute Gasteiger partial charge is 0.248 e. The number of primary amides is 1. The fourth-order valence-corrected chi connectivity index (χ4v) is 1.89. The van der Waals surface area contributed by atoms with Crippen LogP contribution in [-0.2, 0) is 4.79 Å². The van der Waals surface area contributed by atoms with E-state index in [1.165, 1.54) is 13.2 Å². The molecule has 0 radical (unpaired) electrons. The first-order chi connectivity index (χ1) is 9.02. The molecule has 1 aromatic carbocycles. The summed E-state index contributed by atoms with van der Waals surface area (Å²) in [6.07, 6.45) is 1.57. The Labute approximate surface area is 111 Å². The Morgan fingerprint density at radius 1 is 1.42 bits per heavy atom. The summed E-state index contributed by atoms with van der Waals surface area (Å²) >= 11 is 0. The number of amides is 2. The molecule has 0 aliphatic heterocycles. The third kappa shape index (κ3) is 2.53. The van der Waals surface area contributed by atoms with Crippen LogP contribution < -0.4 is 21.5 Å². The maximum absolute atomic E-state index is 12.1. The van der Waals surface area contributed by atoms with Gasteiger partial charge in [0, 0.05) is 12.1 Å². The zero-order valence-corrected chi connectivity index (χ0v) is 10.7. The van der Waals surface area contributed by atoms with E-state index in [1.54, 1.807) is 12.1 Å². The SMILES string of the molecule is COc1ccc(C(N)=O)cc1NC(=O)C1(CN)CC1. The fraction of sp³-hybridized carbons (Fsp3) is 0.385. The molecule has 1 aromatic rings. The molecule has 1 fully saturated rings. The van der Waals surface area contributed by atoms with Gasteiger partial charge in [-0.25, -0.2) is 0 Å². The molecular weight excluding hydrogens is 246 g/mol. The van der Waals surface area contributed by atoms with Crippen LogP contribution in [0.25, 0.3) is 0 Å². The Balaban J connectivity index is 2.25. The highest BCUT2D eigenvalue weighted by Crippen LogP contribution is 2.45. The van der Waals surface area contributed by atoms with Crippen LogP contribution in [0.1, 0.15) is 23.2 Å². The molecule has 6 nitrogen and oxygen atoms in total. The van der Waals surface area contributed by atoms with E-state index in [1.807, 2.05) is 0 Å². The van der Waals surface area contributed by atoms with E-state index in [2.05, 4.69) is 5.32 Å². The number of benzene rings is 1. The van der Waals surface area contributed by atoms with Gasteiger partial charge in [0.1, 0.15) is 5.75 Å². The highest BCUT2D eigenvalue weighted by atomic mass is 16.5. The van der Waals surface area contributed by atoms with Crippen LogP contribution in [0.3, 0.4) is 0 Å². The van der Waals surface area contributed by atoms with Gasteiger partial charge in [-0.05, 0) is 31.0 Å². The summed E-state index contributed by atoms with van der Waals surface area (Å²) in [4.78, 5) is 23.3. The van der Waals surface area contributed by atoms with Crippen molar-refractivity contribution in [3.8, 4) is 5.75 Å². The molecular formula is C13H17N3O3. The summed E-state index contributed by atoms with van der Waals surface area (Å²) in [6.45, 7) is 0.316. The number of ether oxygens (including phenoxy) is 1. The van der Waals surface area contributed by atoms with Gasteiger partial charge in [-0.3, -0.25) is 9.59 Å². The van der Waals surface area contributed by atoms with Crippen molar-refractivity contribution in [2.45, 2.75) is 12.8 Å². The van der Waals surface area contributed by atoms with E-state index in [-0.39, 0.29) is 5.91 Å². The number of methoxy groups -OCH3 is 1. The molecule has 0 unspecified atom stereocenters. The molecule has 0 spiro atoms. The van der Waals surface area contributed by atoms with E-state index in [4.69, 9.17) is 16.2 Å². The molecule has 0 bridgehead atoms. The molecule has 0 atom stereocenters. The highest BCUT2D eigenvalue weighted by Gasteiger charge is 2.48. The number of hydrogen-bond donors (Lipinski definition) is 3. The average molecular weight is 263 g/mol. The molecule has 2 amide bonds. The molecule has 6 heteroatoms. The van der Waals surface area contributed by atoms with Crippen molar-refractivity contribution in [1.82, 2.24) is 0 Å². The minimum Gasteiger partial charge on any atom is -0.495 e. The molecule has 1 aliphatic rings. The van der Waals surface area contributed by atoms with Gasteiger partial charge in [-0.15, -0.1) is 0 Å². The lowest BCUT2D eigenvalue weighted by Crippen LogP contribution is -2.31. The second-order valence-corrected chi connectivity index (χ2v) is 4.72. The molecule has 1 saturated carbocycles. The first kappa shape index (κ1) is 13.4. The van der Waals surface area contributed by atoms with Crippen molar-refractivity contribution in [2.24, 2.45) is 16.9 Å². The zero-order chi connectivity index (χ0) is 14.0. The minimum absolute atomic E-state index is 0.144. The van der Waals surface area contributed by atoms with Crippen LogP contribution in [0.4, 0.5) is 5.69 Å². The second-order valence-electron chi connectivity index (χ2n) is 4.72. The number of carbonyl (C=O) groups excluding carboxylic acids is 2. The maximum Gasteiger partial charge on any atom is 0.248 e. The number of anilines is 1. The van der Waals surface area contributed by atoms with Crippen LogP contribution in [-0.4, -0.2) is 25.5 Å². The zero-order valence-electron chi connectivity index (χ0n) is 10.7. The summed E-state index contributed by atoms with van der Waals surface area (Å²) in [7, 11) is 1.49. The van der Waals surface area contributed by atoms with Crippen LogP contribution in [0, 0.1) is 5.41 Å². The second kappa shape index (κ2) is 4.89. The third-order valence-electron chi connectivity index (χ3n) is 3.46. The summed E-state index contributed by atoms with van der Waals surface area (Å²) in [5.41, 5.74) is 11.1. The number of carbonyl (C=O) groups is 2. The van der Waals surface area contributed by atoms with Crippen LogP contribution in [0.15, 0.2) is 18.2 Å². The van der Waals surface area contributed by atoms with Gasteiger partial charge in [-0.1, -0.05) is 0 Å². The van der Waals surface area contributed by atoms with Crippen molar-refractivity contribution in [3.05, 3.63) is 23.8 Å². The number of hydrogen-bond acceptors (Lipinski definition) is 4. The minimum atomic E-state index is -0.557. The van der Waals surface area contributed by atoms with Gasteiger partial charge < -0.3 is 21.5 Å². The lowest BCUT2D eigenvalue weighted by molar-refractivity contribution is -0.120. The van der Waals surface area contributed by atoms with Gasteiger partial charge in [0.05, 0.1) is 18.2 Å². The largest absolute Gasteiger partial charge is 0.495 e. The summed E-state index contributed by atoms with van der Waals surface area (Å²) in [6, 6.07) is 4.65. The number of nitrogens with two attached hydrogens (primary N) is 2. The van der Waals surface area contributed by atoms with Crippen molar-refractivity contribution in [1.29, 1.82) is 0 Å². The first-order valence-corrected chi connectivity index (χ1v) is 6.02. The Morgan fingerprint density at radius 2 is 2.11 bits per heavy atom. The van der Waals surface area contributed by atoms with Gasteiger partial charge in [-0.2, -0.15) is 0 Å². The molecule has 0 saturated heterocycles. The van der Waals surface area contributed by atoms with E-state index < -0.39 is 11.3 Å². The third-order valence-corrected chi connectivity index (χ3v) is 3.46. The van der Waals surface area contributed by atoms with E-state index in [9.17, 15) is 9.59 Å². The maximum atomic E-state index is 12.1. The summed E-state index contributed by atoms with van der Waals surface area (Å²) < 4.78 is 5.15. The van der Waals surface area contributed by atoms with Gasteiger partial charge in [0.15, 0.2) is 0 Å². The molecule has 1 aliphatic carbocycles. The lowest BCUT2D eigenvalue weighted by atomic mass is 10.1. The van der Waals surface area contributed by atoms with Crippen LogP contribution >= 0.6 is 0 Å². The average Bonchev–Trinajstić information content (AvgIpc) is 3.19. The Hall–Kier alpha value is -2.08. The van der Waals surface area contributed by atoms with Gasteiger partial charge in [0.2, 0.25) is 11.8 Å². The number of rotatable bonds is 5. The Morgan fingerprint density at radius 3 is 2.58 bits per heavy atom. The molecule has 19 heavy (non-hydrogen) atoms. The van der Waals surface area contributed by atoms with E-state index in [0.29, 0.717) is 23.5 Å². The normalized spacial score (nSPS) is 15.7. The van der Waals surface area contributed by atoms with Crippen molar-refractivity contribution < 1.29 is 14.3 Å². The molecule has 2 rings (SSSR count). The summed E-state index contributed by atoms with van der Waals surface area (Å²) in [5, 5.41) is 2.76.